The van der Waals surface area contributed by atoms with Crippen molar-refractivity contribution in [3.8, 4) is 5.75 Å². The number of anilines is 1. The Bertz CT molecular complexity index is 1290. The summed E-state index contributed by atoms with van der Waals surface area (Å²) in [5.74, 6) is -0.431. The minimum Gasteiger partial charge on any atom is -0.486 e. The zero-order valence-electron chi connectivity index (χ0n) is 18.2. The van der Waals surface area contributed by atoms with Crippen LogP contribution in [-0.4, -0.2) is 22.0 Å². The molecular weight excluding hydrogens is 455 g/mol. The summed E-state index contributed by atoms with van der Waals surface area (Å²) < 4.78 is 18.7. The molecule has 1 heterocycles. The number of ether oxygens (including phenoxy) is 1. The molecule has 0 atom stereocenters. The Morgan fingerprint density at radius 2 is 1.68 bits per heavy atom. The van der Waals surface area contributed by atoms with Gasteiger partial charge in [0.1, 0.15) is 18.2 Å². The number of amides is 2. The Morgan fingerprint density at radius 1 is 0.941 bits per heavy atom. The summed E-state index contributed by atoms with van der Waals surface area (Å²) in [4.78, 5) is 24.7. The minimum atomic E-state index is -0.434. The fraction of sp³-hybridized carbons (Fsp3) is 0.120. The molecule has 0 aliphatic rings. The van der Waals surface area contributed by atoms with E-state index >= 15 is 0 Å². The topological polar surface area (TPSA) is 93.2 Å². The predicted octanol–water partition coefficient (Wildman–Crippen LogP) is 4.75. The Balaban J connectivity index is 1.27. The average molecular weight is 477 g/mol. The lowest BCUT2D eigenvalue weighted by Crippen LogP contribution is -2.23. The molecular formula is C25H21FN4O3S. The van der Waals surface area contributed by atoms with E-state index in [0.717, 1.165) is 22.5 Å². The molecule has 0 spiro atoms. The Morgan fingerprint density at radius 3 is 2.41 bits per heavy atom. The molecule has 0 fully saturated rings. The summed E-state index contributed by atoms with van der Waals surface area (Å²) in [6.07, 6.45) is 0. The Labute approximate surface area is 199 Å². The number of hydrogen-bond acceptors (Lipinski definition) is 6. The molecule has 1 aromatic heterocycles. The standard InChI is InChI=1S/C25H21FN4O3S/c1-16-4-2-3-5-18(16)14-27-23(31)17-6-12-21(13-7-17)33-15-22-29-30-25(34-22)24(32)28-20-10-8-19(26)9-11-20/h2-13H,14-15H2,1H3,(H,27,31)(H,28,32). The largest absolute Gasteiger partial charge is 0.486 e. The third-order valence-corrected chi connectivity index (χ3v) is 5.84. The van der Waals surface area contributed by atoms with Gasteiger partial charge in [-0.1, -0.05) is 35.6 Å². The molecule has 34 heavy (non-hydrogen) atoms. The first-order chi connectivity index (χ1) is 16.5. The molecule has 2 amide bonds. The fourth-order valence-electron chi connectivity index (χ4n) is 3.06. The number of carbonyl (C=O) groups excluding carboxylic acids is 2. The number of rotatable bonds is 8. The van der Waals surface area contributed by atoms with Crippen molar-refractivity contribution in [3.63, 3.8) is 0 Å². The van der Waals surface area contributed by atoms with Crippen LogP contribution < -0.4 is 15.4 Å². The van der Waals surface area contributed by atoms with Crippen LogP contribution in [0.2, 0.25) is 0 Å². The van der Waals surface area contributed by atoms with Gasteiger partial charge in [-0.05, 0) is 66.6 Å². The molecule has 4 rings (SSSR count). The zero-order valence-corrected chi connectivity index (χ0v) is 19.1. The van der Waals surface area contributed by atoms with E-state index in [4.69, 9.17) is 4.74 Å². The van der Waals surface area contributed by atoms with E-state index < -0.39 is 5.91 Å². The van der Waals surface area contributed by atoms with Crippen molar-refractivity contribution >= 4 is 28.8 Å². The molecule has 0 saturated carbocycles. The summed E-state index contributed by atoms with van der Waals surface area (Å²) in [5.41, 5.74) is 3.18. The maximum absolute atomic E-state index is 13.0. The summed E-state index contributed by atoms with van der Waals surface area (Å²) in [7, 11) is 0. The number of carbonyl (C=O) groups is 2. The molecule has 4 aromatic rings. The fourth-order valence-corrected chi connectivity index (χ4v) is 3.70. The van der Waals surface area contributed by atoms with Crippen LogP contribution in [0.25, 0.3) is 0 Å². The molecule has 0 aliphatic heterocycles. The van der Waals surface area contributed by atoms with E-state index in [9.17, 15) is 14.0 Å². The summed E-state index contributed by atoms with van der Waals surface area (Å²) in [6.45, 7) is 2.59. The summed E-state index contributed by atoms with van der Waals surface area (Å²) in [5, 5.41) is 14.1. The van der Waals surface area contributed by atoms with Crippen LogP contribution in [0.3, 0.4) is 0 Å². The number of nitrogens with zero attached hydrogens (tertiary/aromatic N) is 2. The zero-order chi connectivity index (χ0) is 23.9. The van der Waals surface area contributed by atoms with Gasteiger partial charge in [-0.3, -0.25) is 9.59 Å². The highest BCUT2D eigenvalue weighted by Crippen LogP contribution is 2.18. The molecule has 0 saturated heterocycles. The van der Waals surface area contributed by atoms with Crippen molar-refractivity contribution in [2.45, 2.75) is 20.1 Å². The highest BCUT2D eigenvalue weighted by atomic mass is 32.1. The molecule has 7 nitrogen and oxygen atoms in total. The third kappa shape index (κ3) is 6.02. The van der Waals surface area contributed by atoms with Crippen LogP contribution in [0.15, 0.2) is 72.8 Å². The molecule has 9 heteroatoms. The smallest absolute Gasteiger partial charge is 0.286 e. The molecule has 2 N–H and O–H groups in total. The van der Waals surface area contributed by atoms with E-state index in [-0.39, 0.29) is 23.3 Å². The van der Waals surface area contributed by atoms with Crippen molar-refractivity contribution in [1.29, 1.82) is 0 Å². The second-order valence-electron chi connectivity index (χ2n) is 7.38. The van der Waals surface area contributed by atoms with Crippen LogP contribution in [0.1, 0.15) is 36.3 Å². The first-order valence-corrected chi connectivity index (χ1v) is 11.2. The quantitative estimate of drug-likeness (QED) is 0.383. The maximum atomic E-state index is 13.0. The second kappa shape index (κ2) is 10.7. The van der Waals surface area contributed by atoms with E-state index in [1.807, 2.05) is 31.2 Å². The normalized spacial score (nSPS) is 10.5. The van der Waals surface area contributed by atoms with Crippen molar-refractivity contribution in [3.05, 3.63) is 105 Å². The van der Waals surface area contributed by atoms with Crippen molar-refractivity contribution < 1.29 is 18.7 Å². The number of nitrogens with one attached hydrogen (secondary N) is 2. The van der Waals surface area contributed by atoms with Gasteiger partial charge in [-0.2, -0.15) is 0 Å². The maximum Gasteiger partial charge on any atom is 0.286 e. The lowest BCUT2D eigenvalue weighted by atomic mass is 10.1. The SMILES string of the molecule is Cc1ccccc1CNC(=O)c1ccc(OCc2nnc(C(=O)Nc3ccc(F)cc3)s2)cc1. The highest BCUT2D eigenvalue weighted by molar-refractivity contribution is 7.13. The molecule has 172 valence electrons. The summed E-state index contributed by atoms with van der Waals surface area (Å²) in [6, 6.07) is 20.1. The van der Waals surface area contributed by atoms with Crippen molar-refractivity contribution in [1.82, 2.24) is 15.5 Å². The Hall–Kier alpha value is -4.11. The van der Waals surface area contributed by atoms with Gasteiger partial charge >= 0.3 is 0 Å². The van der Waals surface area contributed by atoms with Crippen molar-refractivity contribution in [2.24, 2.45) is 0 Å². The molecule has 0 radical (unpaired) electrons. The van der Waals surface area contributed by atoms with Gasteiger partial charge in [-0.25, -0.2) is 4.39 Å². The molecule has 0 aliphatic carbocycles. The van der Waals surface area contributed by atoms with Gasteiger partial charge in [0.25, 0.3) is 11.8 Å². The van der Waals surface area contributed by atoms with E-state index in [0.29, 0.717) is 28.6 Å². The van der Waals surface area contributed by atoms with Gasteiger partial charge in [0.15, 0.2) is 5.01 Å². The molecule has 3 aromatic carbocycles. The second-order valence-corrected chi connectivity index (χ2v) is 8.45. The first-order valence-electron chi connectivity index (χ1n) is 10.4. The third-order valence-electron chi connectivity index (χ3n) is 4.94. The van der Waals surface area contributed by atoms with Gasteiger partial charge in [0, 0.05) is 17.8 Å². The monoisotopic (exact) mass is 476 g/mol. The van der Waals surface area contributed by atoms with Crippen LogP contribution >= 0.6 is 11.3 Å². The first kappa shape index (κ1) is 23.1. The van der Waals surface area contributed by atoms with Gasteiger partial charge in [0.2, 0.25) is 5.01 Å². The van der Waals surface area contributed by atoms with Crippen LogP contribution in [0.4, 0.5) is 10.1 Å². The van der Waals surface area contributed by atoms with Crippen LogP contribution in [0, 0.1) is 12.7 Å². The van der Waals surface area contributed by atoms with Crippen LogP contribution in [-0.2, 0) is 13.2 Å². The molecule has 0 unspecified atom stereocenters. The van der Waals surface area contributed by atoms with Crippen molar-refractivity contribution in [2.75, 3.05) is 5.32 Å². The number of hydrogen-bond donors (Lipinski definition) is 2. The van der Waals surface area contributed by atoms with Gasteiger partial charge in [0.05, 0.1) is 0 Å². The lowest BCUT2D eigenvalue weighted by Gasteiger charge is -2.09. The number of halogens is 1. The molecule has 0 bridgehead atoms. The van der Waals surface area contributed by atoms with Gasteiger partial charge < -0.3 is 15.4 Å². The van der Waals surface area contributed by atoms with Gasteiger partial charge in [-0.15, -0.1) is 10.2 Å². The highest BCUT2D eigenvalue weighted by Gasteiger charge is 2.14. The number of aromatic nitrogens is 2. The summed E-state index contributed by atoms with van der Waals surface area (Å²) >= 11 is 1.10. The van der Waals surface area contributed by atoms with E-state index in [2.05, 4.69) is 20.8 Å². The minimum absolute atomic E-state index is 0.125. The van der Waals surface area contributed by atoms with Crippen LogP contribution in [0.5, 0.6) is 5.75 Å². The number of aryl methyl sites for hydroxylation is 1. The van der Waals surface area contributed by atoms with E-state index in [1.54, 1.807) is 24.3 Å². The van der Waals surface area contributed by atoms with E-state index in [1.165, 1.54) is 24.3 Å². The number of benzene rings is 3. The average Bonchev–Trinajstić information content (AvgIpc) is 3.33. The lowest BCUT2D eigenvalue weighted by molar-refractivity contribution is 0.0950. The predicted molar refractivity (Wildman–Crippen MR) is 127 cm³/mol. The Kier molecular flexibility index (Phi) is 7.24.